The van der Waals surface area contributed by atoms with E-state index in [1.54, 1.807) is 4.68 Å². The number of nitrogens with one attached hydrogen (secondary N) is 1. The van der Waals surface area contributed by atoms with Crippen molar-refractivity contribution in [1.29, 1.82) is 0 Å². The van der Waals surface area contributed by atoms with Crippen molar-refractivity contribution in [2.75, 3.05) is 10.2 Å². The third-order valence-electron chi connectivity index (χ3n) is 4.29. The second kappa shape index (κ2) is 5.08. The molecule has 1 aliphatic heterocycles. The van der Waals surface area contributed by atoms with E-state index in [0.717, 1.165) is 28.8 Å². The number of fused-ring (bicyclic) bond motifs is 2. The molecule has 6 nitrogen and oxygen atoms in total. The highest BCUT2D eigenvalue weighted by Crippen LogP contribution is 2.32. The number of anilines is 2. The Morgan fingerprint density at radius 2 is 2.09 bits per heavy atom. The van der Waals surface area contributed by atoms with Gasteiger partial charge in [0.2, 0.25) is 0 Å². The summed E-state index contributed by atoms with van der Waals surface area (Å²) in [5, 5.41) is 11.0. The molecule has 0 radical (unpaired) electrons. The van der Waals surface area contributed by atoms with E-state index in [2.05, 4.69) is 28.6 Å². The van der Waals surface area contributed by atoms with Crippen molar-refractivity contribution in [3.63, 3.8) is 0 Å². The average Bonchev–Trinajstić information content (AvgIpc) is 3.06. The molecule has 4 rings (SSSR count). The fourth-order valence-corrected chi connectivity index (χ4v) is 3.18. The van der Waals surface area contributed by atoms with Gasteiger partial charge in [-0.3, -0.25) is 4.90 Å². The molecule has 116 valence electrons. The van der Waals surface area contributed by atoms with E-state index >= 15 is 0 Å². The van der Waals surface area contributed by atoms with Crippen LogP contribution in [0.2, 0.25) is 0 Å². The summed E-state index contributed by atoms with van der Waals surface area (Å²) in [6.45, 7) is 2.06. The number of benzene rings is 2. The van der Waals surface area contributed by atoms with Gasteiger partial charge < -0.3 is 5.32 Å². The fraction of sp³-hybridized carbons (Fsp3) is 0.235. The van der Waals surface area contributed by atoms with E-state index in [4.69, 9.17) is 0 Å². The minimum Gasteiger partial charge on any atom is -0.307 e. The van der Waals surface area contributed by atoms with E-state index in [-0.39, 0.29) is 12.1 Å². The lowest BCUT2D eigenvalue weighted by Gasteiger charge is -2.23. The Balaban J connectivity index is 1.62. The van der Waals surface area contributed by atoms with Gasteiger partial charge in [-0.25, -0.2) is 9.48 Å². The zero-order valence-corrected chi connectivity index (χ0v) is 13.0. The van der Waals surface area contributed by atoms with Crippen molar-refractivity contribution < 1.29 is 4.79 Å². The van der Waals surface area contributed by atoms with E-state index in [1.807, 2.05) is 48.3 Å². The maximum atomic E-state index is 12.7. The number of aryl methyl sites for hydroxylation is 1. The molecule has 0 fully saturated rings. The topological polar surface area (TPSA) is 63.1 Å². The Hall–Kier alpha value is -2.89. The van der Waals surface area contributed by atoms with Crippen LogP contribution in [0.3, 0.4) is 0 Å². The van der Waals surface area contributed by atoms with Crippen molar-refractivity contribution >= 4 is 28.4 Å². The van der Waals surface area contributed by atoms with Crippen LogP contribution in [0.4, 0.5) is 16.2 Å². The molecule has 1 aliphatic rings. The van der Waals surface area contributed by atoms with Crippen LogP contribution >= 0.6 is 0 Å². The molecule has 0 aliphatic carbocycles. The van der Waals surface area contributed by atoms with E-state index in [9.17, 15) is 4.79 Å². The van der Waals surface area contributed by atoms with Crippen molar-refractivity contribution in [2.45, 2.75) is 19.4 Å². The van der Waals surface area contributed by atoms with Crippen LogP contribution in [-0.2, 0) is 13.5 Å². The molecule has 3 aromatic rings. The SMILES string of the molecule is C[C@@H]1Cc2ccccc2N1C(=O)Nc1ccc2c(c1)nnn2C. The summed E-state index contributed by atoms with van der Waals surface area (Å²) in [6.07, 6.45) is 0.882. The summed E-state index contributed by atoms with van der Waals surface area (Å²) < 4.78 is 1.71. The van der Waals surface area contributed by atoms with Crippen LogP contribution in [-0.4, -0.2) is 27.1 Å². The summed E-state index contributed by atoms with van der Waals surface area (Å²) in [6, 6.07) is 13.7. The molecule has 0 saturated heterocycles. The van der Waals surface area contributed by atoms with Crippen LogP contribution in [0.25, 0.3) is 11.0 Å². The zero-order chi connectivity index (χ0) is 16.0. The molecular weight excluding hydrogens is 290 g/mol. The van der Waals surface area contributed by atoms with Gasteiger partial charge in [-0.2, -0.15) is 0 Å². The second-order valence-electron chi connectivity index (χ2n) is 5.90. The molecule has 23 heavy (non-hydrogen) atoms. The molecule has 2 amide bonds. The number of hydrogen-bond donors (Lipinski definition) is 1. The molecule has 1 N–H and O–H groups in total. The number of nitrogens with zero attached hydrogens (tertiary/aromatic N) is 4. The summed E-state index contributed by atoms with van der Waals surface area (Å²) in [5.74, 6) is 0. The first-order chi connectivity index (χ1) is 11.1. The number of hydrogen-bond acceptors (Lipinski definition) is 3. The summed E-state index contributed by atoms with van der Waals surface area (Å²) >= 11 is 0. The maximum Gasteiger partial charge on any atom is 0.326 e. The van der Waals surface area contributed by atoms with E-state index in [1.165, 1.54) is 5.56 Å². The van der Waals surface area contributed by atoms with Crippen LogP contribution in [0.5, 0.6) is 0 Å². The molecule has 0 spiro atoms. The molecule has 6 heteroatoms. The highest BCUT2D eigenvalue weighted by molar-refractivity contribution is 6.04. The van der Waals surface area contributed by atoms with Crippen LogP contribution in [0, 0.1) is 0 Å². The molecule has 2 heterocycles. The minimum absolute atomic E-state index is 0.120. The van der Waals surface area contributed by atoms with Gasteiger partial charge in [-0.1, -0.05) is 23.4 Å². The van der Waals surface area contributed by atoms with Gasteiger partial charge in [0.05, 0.1) is 5.52 Å². The fourth-order valence-electron chi connectivity index (χ4n) is 3.18. The maximum absolute atomic E-state index is 12.7. The van der Waals surface area contributed by atoms with Crippen LogP contribution < -0.4 is 10.2 Å². The molecule has 1 atom stereocenters. The highest BCUT2D eigenvalue weighted by Gasteiger charge is 2.30. The lowest BCUT2D eigenvalue weighted by molar-refractivity contribution is 0.256. The Kier molecular flexibility index (Phi) is 3.04. The Bertz CT molecular complexity index is 901. The highest BCUT2D eigenvalue weighted by atomic mass is 16.2. The van der Waals surface area contributed by atoms with Crippen molar-refractivity contribution in [3.05, 3.63) is 48.0 Å². The van der Waals surface area contributed by atoms with Crippen molar-refractivity contribution in [2.24, 2.45) is 7.05 Å². The van der Waals surface area contributed by atoms with Crippen LogP contribution in [0.15, 0.2) is 42.5 Å². The monoisotopic (exact) mass is 307 g/mol. The van der Waals surface area contributed by atoms with Gasteiger partial charge in [-0.05, 0) is 43.2 Å². The molecule has 0 unspecified atom stereocenters. The zero-order valence-electron chi connectivity index (χ0n) is 13.0. The lowest BCUT2D eigenvalue weighted by Crippen LogP contribution is -2.39. The summed E-state index contributed by atoms with van der Waals surface area (Å²) in [5.41, 5.74) is 4.61. The molecular formula is C17H17N5O. The smallest absolute Gasteiger partial charge is 0.307 e. The molecule has 0 bridgehead atoms. The van der Waals surface area contributed by atoms with Gasteiger partial charge in [0.15, 0.2) is 0 Å². The minimum atomic E-state index is -0.120. The standard InChI is InChI=1S/C17H17N5O/c1-11-9-12-5-3-4-6-15(12)22(11)17(23)18-13-7-8-16-14(10-13)19-20-21(16)2/h3-8,10-11H,9H2,1-2H3,(H,18,23)/t11-/m1/s1. The predicted octanol–water partition coefficient (Wildman–Crippen LogP) is 2.95. The summed E-state index contributed by atoms with van der Waals surface area (Å²) in [4.78, 5) is 14.5. The quantitative estimate of drug-likeness (QED) is 0.752. The number of urea groups is 1. The Morgan fingerprint density at radius 3 is 2.96 bits per heavy atom. The first-order valence-electron chi connectivity index (χ1n) is 7.61. The van der Waals surface area contributed by atoms with E-state index in [0.29, 0.717) is 0 Å². The Morgan fingerprint density at radius 1 is 1.26 bits per heavy atom. The molecule has 1 aromatic heterocycles. The average molecular weight is 307 g/mol. The van der Waals surface area contributed by atoms with E-state index < -0.39 is 0 Å². The lowest BCUT2D eigenvalue weighted by atomic mass is 10.1. The third-order valence-corrected chi connectivity index (χ3v) is 4.29. The number of para-hydroxylation sites is 1. The molecule has 2 aromatic carbocycles. The predicted molar refractivity (Wildman–Crippen MR) is 89.6 cm³/mol. The van der Waals surface area contributed by atoms with Crippen molar-refractivity contribution in [3.8, 4) is 0 Å². The van der Waals surface area contributed by atoms with Gasteiger partial charge in [-0.15, -0.1) is 5.10 Å². The van der Waals surface area contributed by atoms with Gasteiger partial charge in [0.1, 0.15) is 5.52 Å². The van der Waals surface area contributed by atoms with Gasteiger partial charge in [0, 0.05) is 24.5 Å². The number of rotatable bonds is 1. The summed E-state index contributed by atoms with van der Waals surface area (Å²) in [7, 11) is 1.84. The first kappa shape index (κ1) is 13.8. The van der Waals surface area contributed by atoms with Crippen LogP contribution in [0.1, 0.15) is 12.5 Å². The largest absolute Gasteiger partial charge is 0.326 e. The van der Waals surface area contributed by atoms with Gasteiger partial charge in [0.25, 0.3) is 0 Å². The molecule has 0 saturated carbocycles. The number of amides is 2. The number of aromatic nitrogens is 3. The van der Waals surface area contributed by atoms with Gasteiger partial charge >= 0.3 is 6.03 Å². The third kappa shape index (κ3) is 2.23. The Labute approximate surface area is 133 Å². The first-order valence-corrected chi connectivity index (χ1v) is 7.61. The second-order valence-corrected chi connectivity index (χ2v) is 5.90. The van der Waals surface area contributed by atoms with Crippen molar-refractivity contribution in [1.82, 2.24) is 15.0 Å². The normalized spacial score (nSPS) is 16.6. The number of carbonyl (C=O) groups excluding carboxylic acids is 1. The number of carbonyl (C=O) groups is 1.